The molecule has 2 bridgehead atoms. The first-order chi connectivity index (χ1) is 11.2. The Labute approximate surface area is 141 Å². The fourth-order valence-electron chi connectivity index (χ4n) is 3.38. The third kappa shape index (κ3) is 3.29. The summed E-state index contributed by atoms with van der Waals surface area (Å²) in [6.45, 7) is 6.01. The Morgan fingerprint density at radius 1 is 1.29 bits per heavy atom. The molecule has 2 fully saturated rings. The highest BCUT2D eigenvalue weighted by molar-refractivity contribution is 5.94. The van der Waals surface area contributed by atoms with E-state index in [1.54, 1.807) is 28.1 Å². The molecule has 1 aromatic heterocycles. The second kappa shape index (κ2) is 5.96. The minimum atomic E-state index is -0.548. The molecule has 2 aliphatic rings. The van der Waals surface area contributed by atoms with E-state index in [-0.39, 0.29) is 24.1 Å². The number of ether oxygens (including phenoxy) is 1. The van der Waals surface area contributed by atoms with Crippen molar-refractivity contribution in [3.63, 3.8) is 0 Å². The number of hydrogen-bond donors (Lipinski definition) is 1. The SMILES string of the molecule is CC(C)(C)OC(=O)N1[C@@H]2CC[C@H]1CN(c1ccc(N)nc1)C(=O)C2. The van der Waals surface area contributed by atoms with Gasteiger partial charge in [-0.15, -0.1) is 0 Å². The second-order valence-electron chi connectivity index (χ2n) is 7.42. The summed E-state index contributed by atoms with van der Waals surface area (Å²) < 4.78 is 5.53. The first-order valence-corrected chi connectivity index (χ1v) is 8.28. The van der Waals surface area contributed by atoms with Gasteiger partial charge in [0.15, 0.2) is 0 Å². The van der Waals surface area contributed by atoms with E-state index in [0.29, 0.717) is 24.5 Å². The summed E-state index contributed by atoms with van der Waals surface area (Å²) in [6, 6.07) is 3.34. The van der Waals surface area contributed by atoms with Gasteiger partial charge < -0.3 is 15.4 Å². The lowest BCUT2D eigenvalue weighted by molar-refractivity contribution is -0.119. The van der Waals surface area contributed by atoms with Crippen molar-refractivity contribution in [2.75, 3.05) is 17.2 Å². The molecule has 3 heterocycles. The van der Waals surface area contributed by atoms with Gasteiger partial charge in [0.25, 0.3) is 0 Å². The van der Waals surface area contributed by atoms with Crippen LogP contribution < -0.4 is 10.6 Å². The van der Waals surface area contributed by atoms with Crippen LogP contribution in [0.2, 0.25) is 0 Å². The maximum atomic E-state index is 12.6. The molecule has 2 aliphatic heterocycles. The van der Waals surface area contributed by atoms with Crippen LogP contribution >= 0.6 is 0 Å². The van der Waals surface area contributed by atoms with Crippen LogP contribution in [-0.4, -0.2) is 46.1 Å². The summed E-state index contributed by atoms with van der Waals surface area (Å²) in [5, 5.41) is 0. The minimum absolute atomic E-state index is 0.00216. The van der Waals surface area contributed by atoms with E-state index in [1.807, 2.05) is 20.8 Å². The number of nitrogen functional groups attached to an aromatic ring is 1. The maximum Gasteiger partial charge on any atom is 0.410 e. The zero-order chi connectivity index (χ0) is 17.5. The van der Waals surface area contributed by atoms with Gasteiger partial charge in [-0.05, 0) is 45.7 Å². The van der Waals surface area contributed by atoms with Crippen LogP contribution in [-0.2, 0) is 9.53 Å². The summed E-state index contributed by atoms with van der Waals surface area (Å²) in [4.78, 5) is 32.7. The van der Waals surface area contributed by atoms with Gasteiger partial charge in [-0.25, -0.2) is 9.78 Å². The quantitative estimate of drug-likeness (QED) is 0.851. The van der Waals surface area contributed by atoms with E-state index in [2.05, 4.69) is 4.98 Å². The molecule has 0 radical (unpaired) electrons. The summed E-state index contributed by atoms with van der Waals surface area (Å²) in [7, 11) is 0. The van der Waals surface area contributed by atoms with Crippen molar-refractivity contribution >= 4 is 23.5 Å². The molecule has 3 rings (SSSR count). The first kappa shape index (κ1) is 16.5. The van der Waals surface area contributed by atoms with Crippen molar-refractivity contribution < 1.29 is 14.3 Å². The molecule has 0 spiro atoms. The number of anilines is 2. The van der Waals surface area contributed by atoms with Gasteiger partial charge >= 0.3 is 6.09 Å². The molecule has 2 atom stereocenters. The van der Waals surface area contributed by atoms with Gasteiger partial charge in [-0.1, -0.05) is 0 Å². The number of amides is 2. The summed E-state index contributed by atoms with van der Waals surface area (Å²) in [5.41, 5.74) is 5.78. The largest absolute Gasteiger partial charge is 0.444 e. The Morgan fingerprint density at radius 3 is 2.62 bits per heavy atom. The standard InChI is InChI=1S/C17H24N4O3/c1-17(2,3)24-16(23)21-11-4-5-13(21)10-20(15(22)8-11)12-6-7-14(18)19-9-12/h6-7,9,11,13H,4-5,8,10H2,1-3H3,(H2,18,19)/t11-,13+/m1/s1. The number of pyridine rings is 1. The van der Waals surface area contributed by atoms with Crippen LogP contribution in [0.4, 0.5) is 16.3 Å². The maximum absolute atomic E-state index is 12.6. The number of fused-ring (bicyclic) bond motifs is 2. The van der Waals surface area contributed by atoms with Crippen molar-refractivity contribution in [1.82, 2.24) is 9.88 Å². The third-order valence-corrected chi connectivity index (χ3v) is 4.41. The molecular weight excluding hydrogens is 308 g/mol. The summed E-state index contributed by atoms with van der Waals surface area (Å²) in [5.74, 6) is 0.417. The zero-order valence-corrected chi connectivity index (χ0v) is 14.4. The molecule has 2 N–H and O–H groups in total. The van der Waals surface area contributed by atoms with E-state index < -0.39 is 5.60 Å². The molecule has 1 aromatic rings. The van der Waals surface area contributed by atoms with E-state index >= 15 is 0 Å². The monoisotopic (exact) mass is 332 g/mol. The van der Waals surface area contributed by atoms with E-state index in [0.717, 1.165) is 12.8 Å². The number of rotatable bonds is 1. The highest BCUT2D eigenvalue weighted by atomic mass is 16.6. The smallest absolute Gasteiger partial charge is 0.410 e. The molecule has 0 aliphatic carbocycles. The van der Waals surface area contributed by atoms with Gasteiger partial charge in [-0.2, -0.15) is 0 Å². The Bertz CT molecular complexity index is 638. The Kier molecular flexibility index (Phi) is 4.11. The van der Waals surface area contributed by atoms with Crippen molar-refractivity contribution in [3.8, 4) is 0 Å². The van der Waals surface area contributed by atoms with Crippen LogP contribution in [0.5, 0.6) is 0 Å². The predicted molar refractivity (Wildman–Crippen MR) is 90.5 cm³/mol. The van der Waals surface area contributed by atoms with Crippen molar-refractivity contribution in [3.05, 3.63) is 18.3 Å². The number of aromatic nitrogens is 1. The van der Waals surface area contributed by atoms with Crippen LogP contribution in [0.25, 0.3) is 0 Å². The Morgan fingerprint density at radius 2 is 2.00 bits per heavy atom. The Balaban J connectivity index is 1.82. The molecule has 2 saturated heterocycles. The summed E-state index contributed by atoms with van der Waals surface area (Å²) in [6.07, 6.45) is 3.28. The molecule has 7 nitrogen and oxygen atoms in total. The fraction of sp³-hybridized carbons (Fsp3) is 0.588. The van der Waals surface area contributed by atoms with Gasteiger partial charge in [0.05, 0.1) is 17.9 Å². The van der Waals surface area contributed by atoms with Gasteiger partial charge in [0, 0.05) is 19.0 Å². The van der Waals surface area contributed by atoms with E-state index in [4.69, 9.17) is 10.5 Å². The number of nitrogens with zero attached hydrogens (tertiary/aromatic N) is 3. The fourth-order valence-corrected chi connectivity index (χ4v) is 3.38. The van der Waals surface area contributed by atoms with Crippen LogP contribution in [0, 0.1) is 0 Å². The number of carbonyl (C=O) groups excluding carboxylic acids is 2. The highest BCUT2D eigenvalue weighted by Crippen LogP contribution is 2.33. The van der Waals surface area contributed by atoms with Crippen molar-refractivity contribution in [1.29, 1.82) is 0 Å². The van der Waals surface area contributed by atoms with Crippen molar-refractivity contribution in [2.45, 2.75) is 57.7 Å². The molecule has 0 saturated carbocycles. The lowest BCUT2D eigenvalue weighted by Crippen LogP contribution is -2.45. The van der Waals surface area contributed by atoms with Gasteiger partial charge in [0.2, 0.25) is 5.91 Å². The predicted octanol–water partition coefficient (Wildman–Crippen LogP) is 2.17. The first-order valence-electron chi connectivity index (χ1n) is 8.28. The van der Waals surface area contributed by atoms with Crippen LogP contribution in [0.1, 0.15) is 40.0 Å². The van der Waals surface area contributed by atoms with E-state index in [1.165, 1.54) is 0 Å². The van der Waals surface area contributed by atoms with Gasteiger partial charge in [0.1, 0.15) is 11.4 Å². The lowest BCUT2D eigenvalue weighted by atomic mass is 10.1. The number of nitrogens with two attached hydrogens (primary N) is 1. The van der Waals surface area contributed by atoms with Crippen LogP contribution in [0.3, 0.4) is 0 Å². The molecule has 7 heteroatoms. The van der Waals surface area contributed by atoms with Crippen molar-refractivity contribution in [2.24, 2.45) is 0 Å². The van der Waals surface area contributed by atoms with Gasteiger partial charge in [-0.3, -0.25) is 9.69 Å². The molecule has 2 amide bonds. The average Bonchev–Trinajstić information content (AvgIpc) is 2.79. The lowest BCUT2D eigenvalue weighted by Gasteiger charge is -2.31. The highest BCUT2D eigenvalue weighted by Gasteiger charge is 2.44. The molecular formula is C17H24N4O3. The van der Waals surface area contributed by atoms with E-state index in [9.17, 15) is 9.59 Å². The molecule has 130 valence electrons. The third-order valence-electron chi connectivity index (χ3n) is 4.41. The normalized spacial score (nSPS) is 24.0. The molecule has 0 unspecified atom stereocenters. The second-order valence-corrected chi connectivity index (χ2v) is 7.42. The molecule has 0 aromatic carbocycles. The molecule has 24 heavy (non-hydrogen) atoms. The minimum Gasteiger partial charge on any atom is -0.444 e. The summed E-state index contributed by atoms with van der Waals surface area (Å²) >= 11 is 0. The topological polar surface area (TPSA) is 88.8 Å². The Hall–Kier alpha value is -2.31. The van der Waals surface area contributed by atoms with Crippen LogP contribution in [0.15, 0.2) is 18.3 Å². The number of carbonyl (C=O) groups is 2. The zero-order valence-electron chi connectivity index (χ0n) is 14.4. The average molecular weight is 332 g/mol. The number of hydrogen-bond acceptors (Lipinski definition) is 5.